The van der Waals surface area contributed by atoms with Crippen LogP contribution in [0.1, 0.15) is 46.3 Å². The molecule has 0 saturated carbocycles. The van der Waals surface area contributed by atoms with E-state index < -0.39 is 42.5 Å². The van der Waals surface area contributed by atoms with E-state index >= 15 is 0 Å². The number of aryl methyl sites for hydroxylation is 1. The second-order valence-corrected chi connectivity index (χ2v) is 10.2. The minimum Gasteiger partial charge on any atom is -0.494 e. The smallest absolute Gasteiger partial charge is 0.416 e. The molecule has 0 saturated heterocycles. The van der Waals surface area contributed by atoms with Crippen LogP contribution in [-0.2, 0) is 10.3 Å². The van der Waals surface area contributed by atoms with Gasteiger partial charge in [0, 0.05) is 23.4 Å². The predicted octanol–water partition coefficient (Wildman–Crippen LogP) is 7.49. The Bertz CT molecular complexity index is 1480. The normalized spacial score (nSPS) is 17.6. The molecule has 4 rings (SSSR count). The van der Waals surface area contributed by atoms with Crippen LogP contribution in [0.15, 0.2) is 78.5 Å². The number of carbonyl (C=O) groups is 2. The average molecular weight is 611 g/mol. The van der Waals surface area contributed by atoms with Gasteiger partial charge in [0.25, 0.3) is 11.8 Å². The molecular formula is C30H25ClF6N2O3. The van der Waals surface area contributed by atoms with Crippen molar-refractivity contribution in [2.24, 2.45) is 0 Å². The molecule has 0 radical (unpaired) electrons. The fourth-order valence-corrected chi connectivity index (χ4v) is 4.74. The zero-order valence-electron chi connectivity index (χ0n) is 22.1. The van der Waals surface area contributed by atoms with Gasteiger partial charge >= 0.3 is 12.4 Å². The number of amides is 2. The van der Waals surface area contributed by atoms with Gasteiger partial charge in [-0.1, -0.05) is 59.6 Å². The maximum Gasteiger partial charge on any atom is 0.416 e. The van der Waals surface area contributed by atoms with E-state index in [9.17, 15) is 35.9 Å². The van der Waals surface area contributed by atoms with Crippen molar-refractivity contribution in [3.63, 3.8) is 0 Å². The van der Waals surface area contributed by atoms with Crippen LogP contribution in [0.25, 0.3) is 5.57 Å². The number of halogens is 7. The lowest BCUT2D eigenvalue weighted by atomic mass is 9.77. The van der Waals surface area contributed by atoms with E-state index in [2.05, 4.69) is 10.6 Å². The van der Waals surface area contributed by atoms with Crippen LogP contribution < -0.4 is 15.4 Å². The van der Waals surface area contributed by atoms with Gasteiger partial charge in [-0.2, -0.15) is 26.3 Å². The standard InChI is InChI=1S/C30H25ClF6N2O3/c1-18-6-8-19(9-7-18)24-17-28(30(35,36)37,21-10-12-23(13-11-21)42-15-3-14-29(32,33)34)39-27(41)25(24)38-26(40)20-4-2-5-22(31)16-20/h2,4-13,16H,3,14-15,17H2,1H3,(H,38,40)(H,39,41). The van der Waals surface area contributed by atoms with Gasteiger partial charge in [-0.15, -0.1) is 0 Å². The maximum absolute atomic E-state index is 14.9. The number of benzene rings is 3. The average Bonchev–Trinajstić information content (AvgIpc) is 2.92. The van der Waals surface area contributed by atoms with Crippen LogP contribution in [0.3, 0.4) is 0 Å². The number of hydrogen-bond acceptors (Lipinski definition) is 3. The first-order valence-electron chi connectivity index (χ1n) is 12.7. The first-order chi connectivity index (χ1) is 19.7. The molecule has 2 amide bonds. The highest BCUT2D eigenvalue weighted by Gasteiger charge is 2.59. The number of hydrogen-bond donors (Lipinski definition) is 2. The Labute approximate surface area is 242 Å². The van der Waals surface area contributed by atoms with Crippen molar-refractivity contribution in [3.8, 4) is 5.75 Å². The molecule has 5 nitrogen and oxygen atoms in total. The maximum atomic E-state index is 14.9. The molecule has 0 aliphatic carbocycles. The summed E-state index contributed by atoms with van der Waals surface area (Å²) in [5.74, 6) is -1.82. The Balaban J connectivity index is 1.71. The van der Waals surface area contributed by atoms with Crippen LogP contribution in [0, 0.1) is 6.92 Å². The van der Waals surface area contributed by atoms with Crippen LogP contribution >= 0.6 is 11.6 Å². The van der Waals surface area contributed by atoms with E-state index in [-0.39, 0.29) is 46.2 Å². The van der Waals surface area contributed by atoms with E-state index in [1.807, 2.05) is 0 Å². The van der Waals surface area contributed by atoms with E-state index in [0.29, 0.717) is 5.56 Å². The highest BCUT2D eigenvalue weighted by Crippen LogP contribution is 2.48. The SMILES string of the molecule is Cc1ccc(C2=C(NC(=O)c3cccc(Cl)c3)C(=O)NC(c3ccc(OCCCC(F)(F)F)cc3)(C(F)(F)F)C2)cc1. The molecule has 3 aromatic rings. The molecule has 1 heterocycles. The minimum atomic E-state index is -4.99. The fourth-order valence-electron chi connectivity index (χ4n) is 4.55. The predicted molar refractivity (Wildman–Crippen MR) is 145 cm³/mol. The van der Waals surface area contributed by atoms with Crippen molar-refractivity contribution in [1.82, 2.24) is 10.6 Å². The lowest BCUT2D eigenvalue weighted by Gasteiger charge is -2.41. The monoisotopic (exact) mass is 610 g/mol. The second kappa shape index (κ2) is 12.1. The second-order valence-electron chi connectivity index (χ2n) is 9.81. The number of alkyl halides is 6. The molecule has 1 atom stereocenters. The summed E-state index contributed by atoms with van der Waals surface area (Å²) < 4.78 is 87.0. The summed E-state index contributed by atoms with van der Waals surface area (Å²) in [5, 5.41) is 4.80. The molecule has 1 unspecified atom stereocenters. The van der Waals surface area contributed by atoms with Crippen LogP contribution in [0.5, 0.6) is 5.75 Å². The van der Waals surface area contributed by atoms with Gasteiger partial charge in [-0.05, 0) is 60.4 Å². The van der Waals surface area contributed by atoms with Crippen LogP contribution in [0.2, 0.25) is 5.02 Å². The summed E-state index contributed by atoms with van der Waals surface area (Å²) in [6.45, 7) is 1.51. The summed E-state index contributed by atoms with van der Waals surface area (Å²) in [6.07, 6.45) is -11.5. The molecule has 0 aromatic heterocycles. The van der Waals surface area contributed by atoms with Crippen molar-refractivity contribution < 1.29 is 40.7 Å². The zero-order valence-corrected chi connectivity index (χ0v) is 22.9. The third kappa shape index (κ3) is 7.07. The number of rotatable bonds is 8. The summed E-state index contributed by atoms with van der Waals surface area (Å²) in [6, 6.07) is 17.0. The molecule has 2 N–H and O–H groups in total. The summed E-state index contributed by atoms with van der Waals surface area (Å²) in [7, 11) is 0. The highest BCUT2D eigenvalue weighted by atomic mass is 35.5. The van der Waals surface area contributed by atoms with Gasteiger partial charge in [0.15, 0.2) is 5.54 Å². The lowest BCUT2D eigenvalue weighted by Crippen LogP contribution is -2.60. The van der Waals surface area contributed by atoms with Gasteiger partial charge < -0.3 is 15.4 Å². The van der Waals surface area contributed by atoms with Gasteiger partial charge in [0.2, 0.25) is 0 Å². The highest BCUT2D eigenvalue weighted by molar-refractivity contribution is 6.31. The van der Waals surface area contributed by atoms with E-state index in [1.54, 1.807) is 37.3 Å². The lowest BCUT2D eigenvalue weighted by molar-refractivity contribution is -0.201. The van der Waals surface area contributed by atoms with Crippen molar-refractivity contribution in [2.45, 2.75) is 44.1 Å². The van der Waals surface area contributed by atoms with Crippen LogP contribution in [-0.4, -0.2) is 30.8 Å². The number of nitrogens with one attached hydrogen (secondary N) is 2. The molecule has 222 valence electrons. The molecule has 12 heteroatoms. The van der Waals surface area contributed by atoms with E-state index in [1.165, 1.54) is 30.3 Å². The molecule has 3 aromatic carbocycles. The van der Waals surface area contributed by atoms with Gasteiger partial charge in [0.05, 0.1) is 6.61 Å². The van der Waals surface area contributed by atoms with Gasteiger partial charge in [-0.3, -0.25) is 9.59 Å². The van der Waals surface area contributed by atoms with Crippen molar-refractivity contribution in [2.75, 3.05) is 6.61 Å². The Morgan fingerprint density at radius 2 is 1.67 bits per heavy atom. The molecular weight excluding hydrogens is 586 g/mol. The summed E-state index contributed by atoms with van der Waals surface area (Å²) in [4.78, 5) is 26.4. The Morgan fingerprint density at radius 3 is 2.26 bits per heavy atom. The van der Waals surface area contributed by atoms with Crippen molar-refractivity contribution in [1.29, 1.82) is 0 Å². The van der Waals surface area contributed by atoms with E-state index in [4.69, 9.17) is 16.3 Å². The van der Waals surface area contributed by atoms with Gasteiger partial charge in [0.1, 0.15) is 11.4 Å². The summed E-state index contributed by atoms with van der Waals surface area (Å²) >= 11 is 5.97. The largest absolute Gasteiger partial charge is 0.494 e. The number of carbonyl (C=O) groups excluding carboxylic acids is 2. The van der Waals surface area contributed by atoms with Crippen molar-refractivity contribution >= 4 is 29.0 Å². The summed E-state index contributed by atoms with van der Waals surface area (Å²) in [5.41, 5.74) is -2.36. The van der Waals surface area contributed by atoms with E-state index in [0.717, 1.165) is 17.7 Å². The molecule has 42 heavy (non-hydrogen) atoms. The zero-order chi connectivity index (χ0) is 30.7. The first kappa shape index (κ1) is 31.0. The van der Waals surface area contributed by atoms with Gasteiger partial charge in [-0.25, -0.2) is 0 Å². The Kier molecular flexibility index (Phi) is 8.91. The fraction of sp³-hybridized carbons (Fsp3) is 0.267. The van der Waals surface area contributed by atoms with Crippen LogP contribution in [0.4, 0.5) is 26.3 Å². The molecule has 0 fully saturated rings. The number of ether oxygens (including phenoxy) is 1. The molecule has 1 aliphatic rings. The molecule has 1 aliphatic heterocycles. The third-order valence-electron chi connectivity index (χ3n) is 6.73. The molecule has 0 bridgehead atoms. The minimum absolute atomic E-state index is 0.0427. The first-order valence-corrected chi connectivity index (χ1v) is 13.1. The topological polar surface area (TPSA) is 67.4 Å². The quantitative estimate of drug-likeness (QED) is 0.205. The third-order valence-corrected chi connectivity index (χ3v) is 6.96. The Hall–Kier alpha value is -3.99. The Morgan fingerprint density at radius 1 is 1.00 bits per heavy atom. The van der Waals surface area contributed by atoms with Crippen molar-refractivity contribution in [3.05, 3.63) is 106 Å². The molecule has 0 spiro atoms.